The van der Waals surface area contributed by atoms with E-state index in [4.69, 9.17) is 4.74 Å². The number of hydrogen-bond donors (Lipinski definition) is 2. The smallest absolute Gasteiger partial charge is 0.309 e. The van der Waals surface area contributed by atoms with Gasteiger partial charge in [0.1, 0.15) is 11.7 Å². The fourth-order valence-electron chi connectivity index (χ4n) is 6.11. The van der Waals surface area contributed by atoms with Gasteiger partial charge in [0.05, 0.1) is 5.92 Å². The third kappa shape index (κ3) is 6.05. The summed E-state index contributed by atoms with van der Waals surface area (Å²) in [6.45, 7) is 12.7. The maximum atomic E-state index is 13.5. The predicted octanol–water partition coefficient (Wildman–Crippen LogP) is 6.63. The van der Waals surface area contributed by atoms with Gasteiger partial charge in [-0.25, -0.2) is 0 Å². The Morgan fingerprint density at radius 3 is 2.44 bits per heavy atom. The van der Waals surface area contributed by atoms with Crippen molar-refractivity contribution in [3.8, 4) is 0 Å². The van der Waals surface area contributed by atoms with Gasteiger partial charge in [-0.3, -0.25) is 4.79 Å². The van der Waals surface area contributed by atoms with Crippen molar-refractivity contribution >= 4 is 5.97 Å². The summed E-state index contributed by atoms with van der Waals surface area (Å²) in [5.74, 6) is -0.181. The number of rotatable bonds is 10. The molecule has 192 valence electrons. The Hall–Kier alpha value is -1.39. The summed E-state index contributed by atoms with van der Waals surface area (Å²) in [7, 11) is 0. The van der Waals surface area contributed by atoms with E-state index in [0.717, 1.165) is 57.2 Å². The third-order valence-corrected chi connectivity index (χ3v) is 8.54. The van der Waals surface area contributed by atoms with Crippen LogP contribution in [0.15, 0.2) is 24.3 Å². The average Bonchev–Trinajstić information content (AvgIpc) is 3.08. The lowest BCUT2D eigenvalue weighted by atomic mass is 9.72. The second-order valence-corrected chi connectivity index (χ2v) is 12.0. The molecule has 1 saturated carbocycles. The van der Waals surface area contributed by atoms with E-state index in [9.17, 15) is 9.90 Å². The Bertz CT molecular complexity index is 792. The summed E-state index contributed by atoms with van der Waals surface area (Å²) in [5, 5.41) is 15.7. The number of hydrogen-bond acceptors (Lipinski definition) is 4. The molecule has 1 saturated heterocycles. The molecule has 0 radical (unpaired) electrons. The summed E-state index contributed by atoms with van der Waals surface area (Å²) in [6, 6.07) is 8.35. The fourth-order valence-corrected chi connectivity index (χ4v) is 6.11. The Labute approximate surface area is 208 Å². The second kappa shape index (κ2) is 11.6. The van der Waals surface area contributed by atoms with E-state index in [2.05, 4.69) is 52.1 Å². The van der Waals surface area contributed by atoms with Gasteiger partial charge in [-0.1, -0.05) is 91.0 Å². The van der Waals surface area contributed by atoms with Gasteiger partial charge < -0.3 is 15.2 Å². The highest BCUT2D eigenvalue weighted by Gasteiger charge is 2.59. The first-order valence-electron chi connectivity index (χ1n) is 13.9. The maximum Gasteiger partial charge on any atom is 0.309 e. The molecule has 0 amide bonds. The van der Waals surface area contributed by atoms with Gasteiger partial charge in [0, 0.05) is 5.41 Å². The van der Waals surface area contributed by atoms with Gasteiger partial charge in [-0.2, -0.15) is 0 Å². The molecule has 2 N–H and O–H groups in total. The molecule has 1 aliphatic heterocycles. The number of nitrogens with one attached hydrogen (secondary N) is 1. The molecule has 34 heavy (non-hydrogen) atoms. The predicted molar refractivity (Wildman–Crippen MR) is 140 cm³/mol. The number of esters is 1. The normalized spacial score (nSPS) is 25.4. The van der Waals surface area contributed by atoms with Crippen LogP contribution in [0.25, 0.3) is 0 Å². The van der Waals surface area contributed by atoms with Crippen molar-refractivity contribution in [1.29, 1.82) is 0 Å². The summed E-state index contributed by atoms with van der Waals surface area (Å²) in [5.41, 5.74) is 0.823. The molecular weight excluding hydrogens is 422 g/mol. The molecule has 4 nitrogen and oxygen atoms in total. The standard InChI is InChI=1S/C30H49NO3/c1-6-8-9-10-11-13-23(7-2)26(32)34-27-29(18-20-31-21-19-29)16-17-30(27,33)25-15-12-14-24(22-25)28(3,4)5/h12,14-15,22-23,27,31,33H,6-11,13,16-21H2,1-5H3. The maximum absolute atomic E-state index is 13.5. The van der Waals surface area contributed by atoms with E-state index in [1.807, 2.05) is 12.1 Å². The van der Waals surface area contributed by atoms with E-state index in [-0.39, 0.29) is 22.7 Å². The van der Waals surface area contributed by atoms with Crippen LogP contribution in [0.4, 0.5) is 0 Å². The van der Waals surface area contributed by atoms with E-state index >= 15 is 0 Å². The van der Waals surface area contributed by atoms with Crippen LogP contribution in [-0.4, -0.2) is 30.3 Å². The first kappa shape index (κ1) is 27.2. The number of benzene rings is 1. The van der Waals surface area contributed by atoms with Crippen molar-refractivity contribution in [2.24, 2.45) is 11.3 Å². The average molecular weight is 472 g/mol. The van der Waals surface area contributed by atoms with E-state index in [1.54, 1.807) is 0 Å². The van der Waals surface area contributed by atoms with Crippen molar-refractivity contribution in [3.63, 3.8) is 0 Å². The number of ether oxygens (including phenoxy) is 1. The van der Waals surface area contributed by atoms with Crippen molar-refractivity contribution in [3.05, 3.63) is 35.4 Å². The minimum absolute atomic E-state index is 0.00528. The first-order valence-corrected chi connectivity index (χ1v) is 13.9. The van der Waals surface area contributed by atoms with Crippen LogP contribution >= 0.6 is 0 Å². The van der Waals surface area contributed by atoms with Crippen molar-refractivity contribution in [1.82, 2.24) is 5.32 Å². The Morgan fingerprint density at radius 2 is 1.79 bits per heavy atom. The molecule has 1 spiro atoms. The zero-order valence-electron chi connectivity index (χ0n) is 22.4. The van der Waals surface area contributed by atoms with Gasteiger partial charge in [0.2, 0.25) is 0 Å². The topological polar surface area (TPSA) is 58.6 Å². The van der Waals surface area contributed by atoms with Crippen LogP contribution in [0.5, 0.6) is 0 Å². The molecule has 3 rings (SSSR count). The number of carbonyl (C=O) groups is 1. The minimum atomic E-state index is -1.13. The highest BCUT2D eigenvalue weighted by molar-refractivity contribution is 5.72. The highest BCUT2D eigenvalue weighted by Crippen LogP contribution is 2.55. The Kier molecular flexibility index (Phi) is 9.25. The molecular formula is C30H49NO3. The van der Waals surface area contributed by atoms with E-state index in [1.165, 1.54) is 31.2 Å². The summed E-state index contributed by atoms with van der Waals surface area (Å²) >= 11 is 0. The van der Waals surface area contributed by atoms with Crippen LogP contribution in [-0.2, 0) is 20.5 Å². The molecule has 0 bridgehead atoms. The largest absolute Gasteiger partial charge is 0.458 e. The molecule has 4 heteroatoms. The molecule has 3 atom stereocenters. The van der Waals surface area contributed by atoms with Gasteiger partial charge in [-0.05, 0) is 68.2 Å². The zero-order valence-corrected chi connectivity index (χ0v) is 22.4. The van der Waals surface area contributed by atoms with Gasteiger partial charge >= 0.3 is 5.97 Å². The van der Waals surface area contributed by atoms with E-state index < -0.39 is 11.7 Å². The molecule has 1 aromatic carbocycles. The number of piperidine rings is 1. The lowest BCUT2D eigenvalue weighted by molar-refractivity contribution is -0.181. The van der Waals surface area contributed by atoms with Crippen molar-refractivity contribution in [2.75, 3.05) is 13.1 Å². The highest BCUT2D eigenvalue weighted by atomic mass is 16.6. The summed E-state index contributed by atoms with van der Waals surface area (Å²) < 4.78 is 6.41. The number of carbonyl (C=O) groups excluding carboxylic acids is 1. The van der Waals surface area contributed by atoms with Crippen LogP contribution in [0.3, 0.4) is 0 Å². The molecule has 3 unspecified atom stereocenters. The lowest BCUT2D eigenvalue weighted by Gasteiger charge is -2.43. The van der Waals surface area contributed by atoms with Crippen molar-refractivity contribution in [2.45, 2.75) is 122 Å². The molecule has 2 aliphatic rings. The van der Waals surface area contributed by atoms with Crippen LogP contribution in [0.1, 0.15) is 116 Å². The van der Waals surface area contributed by atoms with Crippen LogP contribution in [0.2, 0.25) is 0 Å². The van der Waals surface area contributed by atoms with Gasteiger partial charge in [0.15, 0.2) is 0 Å². The van der Waals surface area contributed by atoms with E-state index in [0.29, 0.717) is 6.42 Å². The molecule has 1 aromatic rings. The molecule has 0 aromatic heterocycles. The molecule has 1 heterocycles. The minimum Gasteiger partial charge on any atom is -0.458 e. The SMILES string of the molecule is CCCCCCCC(CC)C(=O)OC1C2(CCNCC2)CCC1(O)c1cccc(C(C)(C)C)c1. The Balaban J connectivity index is 1.84. The van der Waals surface area contributed by atoms with Crippen LogP contribution < -0.4 is 5.32 Å². The summed E-state index contributed by atoms with van der Waals surface area (Å²) in [4.78, 5) is 13.5. The fraction of sp³-hybridized carbons (Fsp3) is 0.767. The number of unbranched alkanes of at least 4 members (excludes halogenated alkanes) is 4. The quantitative estimate of drug-likeness (QED) is 0.297. The number of aliphatic hydroxyl groups is 1. The first-order chi connectivity index (χ1) is 16.2. The van der Waals surface area contributed by atoms with Gasteiger partial charge in [0.25, 0.3) is 0 Å². The summed E-state index contributed by atoms with van der Waals surface area (Å²) in [6.07, 6.45) is 10.6. The lowest BCUT2D eigenvalue weighted by Crippen LogP contribution is -2.51. The third-order valence-electron chi connectivity index (χ3n) is 8.54. The zero-order chi connectivity index (χ0) is 24.8. The van der Waals surface area contributed by atoms with Gasteiger partial charge in [-0.15, -0.1) is 0 Å². The Morgan fingerprint density at radius 1 is 1.09 bits per heavy atom. The van der Waals surface area contributed by atoms with Crippen LogP contribution in [0, 0.1) is 11.3 Å². The van der Waals surface area contributed by atoms with Crippen molar-refractivity contribution < 1.29 is 14.6 Å². The molecule has 2 fully saturated rings. The second-order valence-electron chi connectivity index (χ2n) is 12.0. The molecule has 1 aliphatic carbocycles. The monoisotopic (exact) mass is 471 g/mol.